The van der Waals surface area contributed by atoms with Crippen molar-refractivity contribution in [1.29, 1.82) is 0 Å². The molecular formula is C9H17N3. The van der Waals surface area contributed by atoms with Gasteiger partial charge in [0.2, 0.25) is 0 Å². The fraction of sp³-hybridized carbons (Fsp3) is 0.667. The van der Waals surface area contributed by atoms with Gasteiger partial charge >= 0.3 is 0 Å². The first kappa shape index (κ1) is 9.26. The van der Waals surface area contributed by atoms with Gasteiger partial charge in [-0.05, 0) is 13.0 Å². The van der Waals surface area contributed by atoms with Crippen molar-refractivity contribution in [3.05, 3.63) is 17.5 Å². The van der Waals surface area contributed by atoms with Gasteiger partial charge in [-0.2, -0.15) is 5.10 Å². The summed E-state index contributed by atoms with van der Waals surface area (Å²) in [6.45, 7) is 8.34. The molecule has 1 heterocycles. The minimum Gasteiger partial charge on any atom is -0.323 e. The predicted octanol–water partition coefficient (Wildman–Crippen LogP) is 1.73. The molecule has 3 heteroatoms. The summed E-state index contributed by atoms with van der Waals surface area (Å²) in [4.78, 5) is 0. The smallest absolute Gasteiger partial charge is 0.0678 e. The molecule has 0 radical (unpaired) electrons. The average Bonchev–Trinajstić information content (AvgIpc) is 2.30. The maximum atomic E-state index is 5.70. The van der Waals surface area contributed by atoms with Crippen molar-refractivity contribution in [3.63, 3.8) is 0 Å². The van der Waals surface area contributed by atoms with Crippen LogP contribution >= 0.6 is 0 Å². The molecule has 3 N–H and O–H groups in total. The highest BCUT2D eigenvalue weighted by atomic mass is 15.1. The van der Waals surface area contributed by atoms with Crippen LogP contribution in [0.1, 0.15) is 45.1 Å². The van der Waals surface area contributed by atoms with E-state index >= 15 is 0 Å². The molecule has 0 bridgehead atoms. The van der Waals surface area contributed by atoms with E-state index in [9.17, 15) is 0 Å². The van der Waals surface area contributed by atoms with Gasteiger partial charge in [-0.15, -0.1) is 0 Å². The number of rotatable bonds is 1. The van der Waals surface area contributed by atoms with Crippen molar-refractivity contribution in [3.8, 4) is 0 Å². The van der Waals surface area contributed by atoms with Gasteiger partial charge in [-0.25, -0.2) is 0 Å². The molecule has 0 amide bonds. The largest absolute Gasteiger partial charge is 0.323 e. The molecule has 0 fully saturated rings. The lowest BCUT2D eigenvalue weighted by Gasteiger charge is -2.13. The third-order valence-corrected chi connectivity index (χ3v) is 1.86. The topological polar surface area (TPSA) is 54.7 Å². The van der Waals surface area contributed by atoms with Gasteiger partial charge in [0, 0.05) is 11.5 Å². The van der Waals surface area contributed by atoms with Gasteiger partial charge in [0.15, 0.2) is 0 Å². The molecule has 3 nitrogen and oxygen atoms in total. The summed E-state index contributed by atoms with van der Waals surface area (Å²) in [7, 11) is 0. The lowest BCUT2D eigenvalue weighted by atomic mass is 9.92. The molecule has 0 saturated heterocycles. The lowest BCUT2D eigenvalue weighted by molar-refractivity contribution is 0.567. The Morgan fingerprint density at radius 1 is 1.50 bits per heavy atom. The van der Waals surface area contributed by atoms with Crippen LogP contribution < -0.4 is 5.73 Å². The Hall–Kier alpha value is -0.830. The van der Waals surface area contributed by atoms with Gasteiger partial charge in [0.05, 0.1) is 11.4 Å². The molecule has 1 aromatic rings. The standard InChI is InChI=1S/C9H17N3/c1-6(10)7-5-8(12-11-7)9(2,3)4/h5-6H,10H2,1-4H3,(H,11,12). The second kappa shape index (κ2) is 2.90. The summed E-state index contributed by atoms with van der Waals surface area (Å²) in [6.07, 6.45) is 0. The summed E-state index contributed by atoms with van der Waals surface area (Å²) in [5.74, 6) is 0. The SMILES string of the molecule is CC(N)c1cc(C(C)(C)C)n[nH]1. The monoisotopic (exact) mass is 167 g/mol. The highest BCUT2D eigenvalue weighted by molar-refractivity contribution is 5.17. The first-order valence-electron chi connectivity index (χ1n) is 4.22. The van der Waals surface area contributed by atoms with E-state index < -0.39 is 0 Å². The molecule has 0 saturated carbocycles. The molecule has 1 rings (SSSR count). The molecule has 68 valence electrons. The Morgan fingerprint density at radius 2 is 2.08 bits per heavy atom. The molecule has 1 atom stereocenters. The van der Waals surface area contributed by atoms with E-state index in [1.54, 1.807) is 0 Å². The highest BCUT2D eigenvalue weighted by Gasteiger charge is 2.17. The first-order valence-corrected chi connectivity index (χ1v) is 4.22. The second-order valence-corrected chi connectivity index (χ2v) is 4.25. The van der Waals surface area contributed by atoms with Crippen molar-refractivity contribution in [1.82, 2.24) is 10.2 Å². The van der Waals surface area contributed by atoms with Crippen molar-refractivity contribution in [2.75, 3.05) is 0 Å². The van der Waals surface area contributed by atoms with Gasteiger partial charge < -0.3 is 5.73 Å². The van der Waals surface area contributed by atoms with E-state index in [2.05, 4.69) is 31.0 Å². The van der Waals surface area contributed by atoms with Crippen LogP contribution in [-0.2, 0) is 5.41 Å². The molecule has 0 aliphatic rings. The van der Waals surface area contributed by atoms with Crippen LogP contribution in [-0.4, -0.2) is 10.2 Å². The molecule has 0 aliphatic heterocycles. The molecule has 0 aromatic carbocycles. The Labute approximate surface area is 73.4 Å². The number of aromatic nitrogens is 2. The summed E-state index contributed by atoms with van der Waals surface area (Å²) in [5, 5.41) is 7.14. The van der Waals surface area contributed by atoms with Crippen LogP contribution in [0.4, 0.5) is 0 Å². The summed E-state index contributed by atoms with van der Waals surface area (Å²) < 4.78 is 0. The molecule has 1 aromatic heterocycles. The third kappa shape index (κ3) is 1.85. The zero-order chi connectivity index (χ0) is 9.35. The quantitative estimate of drug-likeness (QED) is 0.669. The minimum atomic E-state index is 0.0357. The summed E-state index contributed by atoms with van der Waals surface area (Å²) >= 11 is 0. The summed E-state index contributed by atoms with van der Waals surface area (Å²) in [5.41, 5.74) is 7.86. The summed E-state index contributed by atoms with van der Waals surface area (Å²) in [6, 6.07) is 2.07. The van der Waals surface area contributed by atoms with Crippen LogP contribution in [0.3, 0.4) is 0 Å². The molecule has 0 spiro atoms. The molecule has 12 heavy (non-hydrogen) atoms. The van der Waals surface area contributed by atoms with Gasteiger partial charge in [-0.1, -0.05) is 20.8 Å². The van der Waals surface area contributed by atoms with Crippen LogP contribution in [0, 0.1) is 0 Å². The predicted molar refractivity (Wildman–Crippen MR) is 49.9 cm³/mol. The zero-order valence-corrected chi connectivity index (χ0v) is 8.18. The van der Waals surface area contributed by atoms with Crippen LogP contribution in [0.15, 0.2) is 6.07 Å². The van der Waals surface area contributed by atoms with E-state index in [-0.39, 0.29) is 11.5 Å². The van der Waals surface area contributed by atoms with Crippen molar-refractivity contribution < 1.29 is 0 Å². The number of H-pyrrole nitrogens is 1. The van der Waals surface area contributed by atoms with E-state index in [1.807, 2.05) is 13.0 Å². The number of nitrogens with zero attached hydrogens (tertiary/aromatic N) is 1. The van der Waals surface area contributed by atoms with Crippen molar-refractivity contribution in [2.24, 2.45) is 5.73 Å². The molecular weight excluding hydrogens is 150 g/mol. The van der Waals surface area contributed by atoms with Gasteiger partial charge in [-0.3, -0.25) is 5.10 Å². The third-order valence-electron chi connectivity index (χ3n) is 1.86. The van der Waals surface area contributed by atoms with Gasteiger partial charge in [0.25, 0.3) is 0 Å². The van der Waals surface area contributed by atoms with E-state index in [0.29, 0.717) is 0 Å². The zero-order valence-electron chi connectivity index (χ0n) is 8.18. The Morgan fingerprint density at radius 3 is 2.33 bits per heavy atom. The van der Waals surface area contributed by atoms with Crippen LogP contribution in [0.5, 0.6) is 0 Å². The van der Waals surface area contributed by atoms with E-state index in [0.717, 1.165) is 11.4 Å². The fourth-order valence-electron chi connectivity index (χ4n) is 0.954. The fourth-order valence-corrected chi connectivity index (χ4v) is 0.954. The Balaban J connectivity index is 2.92. The number of aromatic amines is 1. The number of nitrogens with one attached hydrogen (secondary N) is 1. The van der Waals surface area contributed by atoms with E-state index in [1.165, 1.54) is 0 Å². The molecule has 0 aliphatic carbocycles. The second-order valence-electron chi connectivity index (χ2n) is 4.25. The highest BCUT2D eigenvalue weighted by Crippen LogP contribution is 2.21. The van der Waals surface area contributed by atoms with Crippen LogP contribution in [0.2, 0.25) is 0 Å². The van der Waals surface area contributed by atoms with Gasteiger partial charge in [0.1, 0.15) is 0 Å². The van der Waals surface area contributed by atoms with Crippen molar-refractivity contribution in [2.45, 2.75) is 39.2 Å². The Kier molecular flexibility index (Phi) is 2.24. The maximum Gasteiger partial charge on any atom is 0.0678 e. The first-order chi connectivity index (χ1) is 5.41. The lowest BCUT2D eigenvalue weighted by Crippen LogP contribution is -2.11. The van der Waals surface area contributed by atoms with Crippen molar-refractivity contribution >= 4 is 0 Å². The molecule has 1 unspecified atom stereocenters. The normalized spacial score (nSPS) is 14.8. The van der Waals surface area contributed by atoms with Crippen LogP contribution in [0.25, 0.3) is 0 Å². The maximum absolute atomic E-state index is 5.70. The van der Waals surface area contributed by atoms with E-state index in [4.69, 9.17) is 5.73 Å². The Bertz CT molecular complexity index is 255. The minimum absolute atomic E-state index is 0.0357. The average molecular weight is 167 g/mol. The number of nitrogens with two attached hydrogens (primary N) is 1. The number of hydrogen-bond acceptors (Lipinski definition) is 2. The number of hydrogen-bond donors (Lipinski definition) is 2.